The predicted octanol–water partition coefficient (Wildman–Crippen LogP) is 2.21. The van der Waals surface area contributed by atoms with Gasteiger partial charge in [-0.05, 0) is 43.9 Å². The minimum atomic E-state index is -0.252. The van der Waals surface area contributed by atoms with Crippen LogP contribution in [0.5, 0.6) is 0 Å². The summed E-state index contributed by atoms with van der Waals surface area (Å²) in [5, 5.41) is 10.0. The van der Waals surface area contributed by atoms with Crippen LogP contribution in [0, 0.1) is 0 Å². The van der Waals surface area contributed by atoms with Crippen LogP contribution in [-0.4, -0.2) is 39.5 Å². The first kappa shape index (κ1) is 16.4. The van der Waals surface area contributed by atoms with E-state index >= 15 is 0 Å². The molecular weight excluding hydrogens is 306 g/mol. The second-order valence-corrected chi connectivity index (χ2v) is 6.01. The van der Waals surface area contributed by atoms with E-state index in [9.17, 15) is 4.79 Å². The zero-order valence-electron chi connectivity index (χ0n) is 13.8. The number of hydrogen-bond acceptors (Lipinski definition) is 4. The highest BCUT2D eigenvalue weighted by molar-refractivity contribution is 5.88. The maximum Gasteiger partial charge on any atom is 0.320 e. The number of nitrogens with one attached hydrogen (secondary N) is 2. The van der Waals surface area contributed by atoms with Crippen molar-refractivity contribution >= 4 is 11.8 Å². The number of amides is 2. The Kier molecular flexibility index (Phi) is 5.43. The van der Waals surface area contributed by atoms with E-state index in [1.807, 2.05) is 29.9 Å². The molecule has 0 aliphatic carbocycles. The third-order valence-corrected chi connectivity index (χ3v) is 4.14. The Hall–Kier alpha value is -2.41. The van der Waals surface area contributed by atoms with Gasteiger partial charge in [-0.2, -0.15) is 5.10 Å². The van der Waals surface area contributed by atoms with Crippen molar-refractivity contribution in [3.8, 4) is 0 Å². The number of rotatable bonds is 6. The Bertz CT molecular complexity index is 652. The van der Waals surface area contributed by atoms with Crippen molar-refractivity contribution in [3.63, 3.8) is 0 Å². The third-order valence-electron chi connectivity index (χ3n) is 4.14. The molecule has 2 unspecified atom stereocenters. The number of nitrogens with zero attached hydrogens (tertiary/aromatic N) is 3. The Morgan fingerprint density at radius 1 is 1.42 bits per heavy atom. The highest BCUT2D eigenvalue weighted by Gasteiger charge is 2.23. The van der Waals surface area contributed by atoms with Gasteiger partial charge in [-0.1, -0.05) is 0 Å². The smallest absolute Gasteiger partial charge is 0.320 e. The molecule has 1 aliphatic heterocycles. The number of aryl methyl sites for hydroxylation is 2. The average molecular weight is 329 g/mol. The Labute approximate surface area is 141 Å². The number of aromatic nitrogens is 3. The number of carbonyl (C=O) groups is 1. The largest absolute Gasteiger partial charge is 0.376 e. The zero-order chi connectivity index (χ0) is 16.8. The van der Waals surface area contributed by atoms with E-state index in [0.29, 0.717) is 5.82 Å². The van der Waals surface area contributed by atoms with Crippen molar-refractivity contribution in [2.75, 3.05) is 11.9 Å². The van der Waals surface area contributed by atoms with Gasteiger partial charge in [0, 0.05) is 37.8 Å². The van der Waals surface area contributed by atoms with Crippen LogP contribution in [-0.2, 0) is 17.7 Å². The van der Waals surface area contributed by atoms with Crippen LogP contribution < -0.4 is 10.6 Å². The number of urea groups is 1. The van der Waals surface area contributed by atoms with Gasteiger partial charge in [0.1, 0.15) is 0 Å². The first-order valence-electron chi connectivity index (χ1n) is 8.32. The number of carbonyl (C=O) groups excluding carboxylic acids is 1. The number of pyridine rings is 1. The van der Waals surface area contributed by atoms with E-state index in [1.54, 1.807) is 18.5 Å². The molecule has 2 amide bonds. The Balaban J connectivity index is 1.45. The molecule has 0 bridgehead atoms. The second kappa shape index (κ2) is 7.92. The third kappa shape index (κ3) is 4.55. The van der Waals surface area contributed by atoms with E-state index < -0.39 is 0 Å². The molecule has 1 fully saturated rings. The predicted molar refractivity (Wildman–Crippen MR) is 90.8 cm³/mol. The first-order chi connectivity index (χ1) is 11.7. The molecular formula is C17H23N5O2. The molecule has 2 aromatic rings. The molecule has 0 aromatic carbocycles. The summed E-state index contributed by atoms with van der Waals surface area (Å²) in [6, 6.07) is 5.51. The van der Waals surface area contributed by atoms with Crippen molar-refractivity contribution in [1.29, 1.82) is 0 Å². The molecule has 0 radical (unpaired) electrons. The van der Waals surface area contributed by atoms with Gasteiger partial charge >= 0.3 is 6.03 Å². The van der Waals surface area contributed by atoms with Crippen molar-refractivity contribution in [3.05, 3.63) is 42.4 Å². The molecule has 0 spiro atoms. The summed E-state index contributed by atoms with van der Waals surface area (Å²) in [6.45, 7) is 3.49. The van der Waals surface area contributed by atoms with Crippen molar-refractivity contribution in [1.82, 2.24) is 20.1 Å². The topological polar surface area (TPSA) is 81.1 Å². The fraction of sp³-hybridized carbons (Fsp3) is 0.471. The van der Waals surface area contributed by atoms with Crippen LogP contribution in [0.25, 0.3) is 0 Å². The highest BCUT2D eigenvalue weighted by atomic mass is 16.5. The lowest BCUT2D eigenvalue weighted by molar-refractivity contribution is 0.0868. The first-order valence-corrected chi connectivity index (χ1v) is 8.32. The average Bonchev–Trinajstić information content (AvgIpc) is 3.25. The van der Waals surface area contributed by atoms with Gasteiger partial charge in [-0.15, -0.1) is 0 Å². The summed E-state index contributed by atoms with van der Waals surface area (Å²) < 4.78 is 7.40. The summed E-state index contributed by atoms with van der Waals surface area (Å²) in [6.07, 6.45) is 8.45. The van der Waals surface area contributed by atoms with E-state index in [2.05, 4.69) is 20.7 Å². The Morgan fingerprint density at radius 2 is 2.25 bits per heavy atom. The van der Waals surface area contributed by atoms with Crippen molar-refractivity contribution < 1.29 is 9.53 Å². The van der Waals surface area contributed by atoms with Crippen LogP contribution in [0.15, 0.2) is 36.8 Å². The molecule has 0 saturated carbocycles. The molecule has 2 atom stereocenters. The molecule has 2 N–H and O–H groups in total. The van der Waals surface area contributed by atoms with Crippen LogP contribution in [0.4, 0.5) is 10.6 Å². The van der Waals surface area contributed by atoms with Crippen LogP contribution in [0.2, 0.25) is 0 Å². The summed E-state index contributed by atoms with van der Waals surface area (Å²) >= 11 is 0. The van der Waals surface area contributed by atoms with Gasteiger partial charge in [0.2, 0.25) is 0 Å². The van der Waals surface area contributed by atoms with Gasteiger partial charge in [0.05, 0.1) is 12.1 Å². The van der Waals surface area contributed by atoms with Gasteiger partial charge in [-0.25, -0.2) is 4.79 Å². The minimum Gasteiger partial charge on any atom is -0.376 e. The van der Waals surface area contributed by atoms with E-state index in [1.165, 1.54) is 5.56 Å². The van der Waals surface area contributed by atoms with Gasteiger partial charge in [0.25, 0.3) is 0 Å². The maximum absolute atomic E-state index is 12.0. The van der Waals surface area contributed by atoms with Gasteiger partial charge in [0.15, 0.2) is 5.82 Å². The molecule has 3 rings (SSSR count). The SMILES string of the molecule is CC(NC(=O)Nc1ccn(CCc2ccncc2)n1)C1CCCO1. The molecule has 3 heterocycles. The van der Waals surface area contributed by atoms with E-state index in [0.717, 1.165) is 32.4 Å². The normalized spacial score (nSPS) is 18.3. The number of ether oxygens (including phenoxy) is 1. The molecule has 1 saturated heterocycles. The second-order valence-electron chi connectivity index (χ2n) is 6.01. The summed E-state index contributed by atoms with van der Waals surface area (Å²) in [5.41, 5.74) is 1.21. The lowest BCUT2D eigenvalue weighted by Gasteiger charge is -2.19. The summed E-state index contributed by atoms with van der Waals surface area (Å²) in [4.78, 5) is 16.0. The number of hydrogen-bond donors (Lipinski definition) is 2. The van der Waals surface area contributed by atoms with Gasteiger partial charge < -0.3 is 10.1 Å². The lowest BCUT2D eigenvalue weighted by atomic mass is 10.1. The lowest BCUT2D eigenvalue weighted by Crippen LogP contribution is -2.43. The fourth-order valence-electron chi connectivity index (χ4n) is 2.80. The zero-order valence-corrected chi connectivity index (χ0v) is 13.8. The van der Waals surface area contributed by atoms with Crippen molar-refractivity contribution in [2.45, 2.75) is 44.9 Å². The van der Waals surface area contributed by atoms with E-state index in [4.69, 9.17) is 4.74 Å². The quantitative estimate of drug-likeness (QED) is 0.851. The monoisotopic (exact) mass is 329 g/mol. The molecule has 24 heavy (non-hydrogen) atoms. The van der Waals surface area contributed by atoms with Gasteiger partial charge in [-0.3, -0.25) is 15.0 Å². The number of anilines is 1. The summed E-state index contributed by atoms with van der Waals surface area (Å²) in [7, 11) is 0. The highest BCUT2D eigenvalue weighted by Crippen LogP contribution is 2.15. The fourth-order valence-corrected chi connectivity index (χ4v) is 2.80. The van der Waals surface area contributed by atoms with Crippen LogP contribution in [0.3, 0.4) is 0 Å². The molecule has 1 aliphatic rings. The molecule has 7 nitrogen and oxygen atoms in total. The van der Waals surface area contributed by atoms with Crippen molar-refractivity contribution in [2.24, 2.45) is 0 Å². The molecule has 7 heteroatoms. The molecule has 128 valence electrons. The summed E-state index contributed by atoms with van der Waals surface area (Å²) in [5.74, 6) is 0.543. The van der Waals surface area contributed by atoms with E-state index in [-0.39, 0.29) is 18.2 Å². The van der Waals surface area contributed by atoms with Crippen LogP contribution >= 0.6 is 0 Å². The minimum absolute atomic E-state index is 0.0127. The molecule has 2 aromatic heterocycles. The van der Waals surface area contributed by atoms with Crippen LogP contribution in [0.1, 0.15) is 25.3 Å². The standard InChI is InChI=1S/C17H23N5O2/c1-13(15-3-2-12-24-15)19-17(23)20-16-7-11-22(21-16)10-6-14-4-8-18-9-5-14/h4-5,7-9,11,13,15H,2-3,6,10,12H2,1H3,(H2,19,20,21,23). The maximum atomic E-state index is 12.0. The Morgan fingerprint density at radius 3 is 3.00 bits per heavy atom.